The third kappa shape index (κ3) is 6.75. The molecule has 3 unspecified atom stereocenters. The summed E-state index contributed by atoms with van der Waals surface area (Å²) in [6.45, 7) is 11.3. The fraction of sp³-hybridized carbons (Fsp3) is 1.00. The Kier molecular flexibility index (Phi) is 7.92. The summed E-state index contributed by atoms with van der Waals surface area (Å²) in [7, 11) is 0. The average molecular weight is 255 g/mol. The third-order valence-corrected chi connectivity index (χ3v) is 3.95. The molecule has 1 aliphatic rings. The van der Waals surface area contributed by atoms with E-state index in [0.717, 1.165) is 24.9 Å². The summed E-state index contributed by atoms with van der Waals surface area (Å²) in [6, 6.07) is 0. The van der Waals surface area contributed by atoms with Gasteiger partial charge in [0.25, 0.3) is 0 Å². The first kappa shape index (κ1) is 16.0. The third-order valence-electron chi connectivity index (χ3n) is 3.95. The molecule has 0 amide bonds. The average Bonchev–Trinajstić information content (AvgIpc) is 2.27. The molecule has 2 heteroatoms. The van der Waals surface area contributed by atoms with Gasteiger partial charge >= 0.3 is 0 Å². The standard InChI is InChI=1S/C16H33NO/c1-5-6-7-8-17-12-15(4)18-16-10-13(2)9-14(3)11-16/h13-17H,5-12H2,1-4H3. The molecular formula is C16H33NO. The van der Waals surface area contributed by atoms with E-state index in [2.05, 4.69) is 33.0 Å². The molecule has 0 bridgehead atoms. The summed E-state index contributed by atoms with van der Waals surface area (Å²) in [5, 5.41) is 3.51. The van der Waals surface area contributed by atoms with Crippen LogP contribution in [0.15, 0.2) is 0 Å². The fourth-order valence-corrected chi connectivity index (χ4v) is 3.17. The van der Waals surface area contributed by atoms with Gasteiger partial charge in [-0.15, -0.1) is 0 Å². The minimum atomic E-state index is 0.356. The first-order valence-electron chi connectivity index (χ1n) is 7.98. The number of rotatable bonds is 8. The van der Waals surface area contributed by atoms with Gasteiger partial charge in [-0.05, 0) is 51.0 Å². The van der Waals surface area contributed by atoms with Crippen molar-refractivity contribution in [3.05, 3.63) is 0 Å². The Labute approximate surface area is 114 Å². The van der Waals surface area contributed by atoms with E-state index in [1.807, 2.05) is 0 Å². The Bertz CT molecular complexity index is 197. The molecule has 0 radical (unpaired) electrons. The maximum atomic E-state index is 6.18. The topological polar surface area (TPSA) is 21.3 Å². The molecule has 1 N–H and O–H groups in total. The molecule has 1 saturated carbocycles. The normalized spacial score (nSPS) is 30.3. The van der Waals surface area contributed by atoms with Crippen molar-refractivity contribution in [3.8, 4) is 0 Å². The molecule has 0 aromatic carbocycles. The predicted molar refractivity (Wildman–Crippen MR) is 78.9 cm³/mol. The van der Waals surface area contributed by atoms with Crippen molar-refractivity contribution in [1.29, 1.82) is 0 Å². The SMILES string of the molecule is CCCCCNCC(C)OC1CC(C)CC(C)C1. The Hall–Kier alpha value is -0.0800. The molecule has 1 rings (SSSR count). The van der Waals surface area contributed by atoms with E-state index < -0.39 is 0 Å². The van der Waals surface area contributed by atoms with Gasteiger partial charge in [0.05, 0.1) is 12.2 Å². The van der Waals surface area contributed by atoms with Gasteiger partial charge in [-0.1, -0.05) is 33.6 Å². The Morgan fingerprint density at radius 2 is 1.78 bits per heavy atom. The van der Waals surface area contributed by atoms with Crippen molar-refractivity contribution in [1.82, 2.24) is 5.32 Å². The molecule has 2 nitrogen and oxygen atoms in total. The van der Waals surface area contributed by atoms with Crippen LogP contribution >= 0.6 is 0 Å². The van der Waals surface area contributed by atoms with Crippen molar-refractivity contribution < 1.29 is 4.74 Å². The second-order valence-electron chi connectivity index (χ2n) is 6.40. The lowest BCUT2D eigenvalue weighted by Gasteiger charge is -2.33. The number of hydrogen-bond donors (Lipinski definition) is 1. The summed E-state index contributed by atoms with van der Waals surface area (Å²) < 4.78 is 6.18. The maximum absolute atomic E-state index is 6.18. The minimum Gasteiger partial charge on any atom is -0.374 e. The van der Waals surface area contributed by atoms with Gasteiger partial charge in [0, 0.05) is 6.54 Å². The van der Waals surface area contributed by atoms with E-state index in [9.17, 15) is 0 Å². The Balaban J connectivity index is 2.09. The van der Waals surface area contributed by atoms with Crippen molar-refractivity contribution in [2.45, 2.75) is 78.4 Å². The molecule has 0 aromatic rings. The molecule has 0 heterocycles. The highest BCUT2D eigenvalue weighted by atomic mass is 16.5. The predicted octanol–water partition coefficient (Wildman–Crippen LogP) is 4.00. The summed E-state index contributed by atoms with van der Waals surface area (Å²) in [4.78, 5) is 0. The molecule has 0 aromatic heterocycles. The van der Waals surface area contributed by atoms with Crippen LogP contribution in [0, 0.1) is 11.8 Å². The highest BCUT2D eigenvalue weighted by Gasteiger charge is 2.25. The van der Waals surface area contributed by atoms with E-state index >= 15 is 0 Å². The first-order chi connectivity index (χ1) is 8.61. The molecule has 0 spiro atoms. The molecule has 18 heavy (non-hydrogen) atoms. The lowest BCUT2D eigenvalue weighted by Crippen LogP contribution is -2.34. The van der Waals surface area contributed by atoms with E-state index in [1.54, 1.807) is 0 Å². The number of hydrogen-bond acceptors (Lipinski definition) is 2. The van der Waals surface area contributed by atoms with Crippen LogP contribution in [-0.4, -0.2) is 25.3 Å². The summed E-state index contributed by atoms with van der Waals surface area (Å²) in [6.07, 6.45) is 8.66. The minimum absolute atomic E-state index is 0.356. The van der Waals surface area contributed by atoms with Crippen molar-refractivity contribution in [2.75, 3.05) is 13.1 Å². The van der Waals surface area contributed by atoms with Gasteiger partial charge in [-0.2, -0.15) is 0 Å². The van der Waals surface area contributed by atoms with Gasteiger partial charge in [-0.3, -0.25) is 0 Å². The first-order valence-corrected chi connectivity index (χ1v) is 7.98. The fourth-order valence-electron chi connectivity index (χ4n) is 3.17. The molecule has 0 saturated heterocycles. The zero-order valence-corrected chi connectivity index (χ0v) is 12.9. The number of unbranched alkanes of at least 4 members (excludes halogenated alkanes) is 2. The van der Waals surface area contributed by atoms with Gasteiger partial charge in [0.2, 0.25) is 0 Å². The quantitative estimate of drug-likeness (QED) is 0.662. The van der Waals surface area contributed by atoms with E-state index in [1.165, 1.54) is 38.5 Å². The number of ether oxygens (including phenoxy) is 1. The van der Waals surface area contributed by atoms with Gasteiger partial charge in [-0.25, -0.2) is 0 Å². The molecule has 3 atom stereocenters. The molecule has 1 fully saturated rings. The van der Waals surface area contributed by atoms with E-state index in [0.29, 0.717) is 12.2 Å². The van der Waals surface area contributed by atoms with Crippen molar-refractivity contribution >= 4 is 0 Å². The molecule has 108 valence electrons. The maximum Gasteiger partial charge on any atom is 0.0675 e. The van der Waals surface area contributed by atoms with E-state index in [-0.39, 0.29) is 0 Å². The van der Waals surface area contributed by atoms with Crippen LogP contribution in [-0.2, 0) is 4.74 Å². The van der Waals surface area contributed by atoms with Crippen LogP contribution in [0.25, 0.3) is 0 Å². The van der Waals surface area contributed by atoms with Crippen LogP contribution in [0.1, 0.15) is 66.2 Å². The van der Waals surface area contributed by atoms with Gasteiger partial charge in [0.1, 0.15) is 0 Å². The van der Waals surface area contributed by atoms with Crippen LogP contribution in [0.5, 0.6) is 0 Å². The second-order valence-corrected chi connectivity index (χ2v) is 6.40. The lowest BCUT2D eigenvalue weighted by atomic mass is 9.82. The largest absolute Gasteiger partial charge is 0.374 e. The van der Waals surface area contributed by atoms with Crippen molar-refractivity contribution in [3.63, 3.8) is 0 Å². The summed E-state index contributed by atoms with van der Waals surface area (Å²) in [5.41, 5.74) is 0. The molecule has 0 aliphatic heterocycles. The molecule has 1 aliphatic carbocycles. The van der Waals surface area contributed by atoms with Gasteiger partial charge in [0.15, 0.2) is 0 Å². The zero-order valence-electron chi connectivity index (χ0n) is 12.9. The summed E-state index contributed by atoms with van der Waals surface area (Å²) in [5.74, 6) is 1.67. The Morgan fingerprint density at radius 3 is 2.39 bits per heavy atom. The monoisotopic (exact) mass is 255 g/mol. The lowest BCUT2D eigenvalue weighted by molar-refractivity contribution is -0.0400. The summed E-state index contributed by atoms with van der Waals surface area (Å²) >= 11 is 0. The van der Waals surface area contributed by atoms with Gasteiger partial charge < -0.3 is 10.1 Å². The highest BCUT2D eigenvalue weighted by molar-refractivity contribution is 4.76. The zero-order chi connectivity index (χ0) is 13.4. The molecular weight excluding hydrogens is 222 g/mol. The van der Waals surface area contributed by atoms with Crippen molar-refractivity contribution in [2.24, 2.45) is 11.8 Å². The van der Waals surface area contributed by atoms with Crippen LogP contribution in [0.2, 0.25) is 0 Å². The second kappa shape index (κ2) is 8.92. The smallest absolute Gasteiger partial charge is 0.0675 e. The van der Waals surface area contributed by atoms with Crippen LogP contribution in [0.4, 0.5) is 0 Å². The van der Waals surface area contributed by atoms with Crippen LogP contribution in [0.3, 0.4) is 0 Å². The number of nitrogens with one attached hydrogen (secondary N) is 1. The highest BCUT2D eigenvalue weighted by Crippen LogP contribution is 2.30. The Morgan fingerprint density at radius 1 is 1.11 bits per heavy atom. The van der Waals surface area contributed by atoms with Crippen LogP contribution < -0.4 is 5.32 Å². The van der Waals surface area contributed by atoms with E-state index in [4.69, 9.17) is 4.74 Å².